The van der Waals surface area contributed by atoms with Crippen molar-refractivity contribution in [2.75, 3.05) is 0 Å². The minimum absolute atomic E-state index is 0.0781. The number of carbonyl (C=O) groups excluding carboxylic acids is 1. The van der Waals surface area contributed by atoms with Crippen LogP contribution in [0.1, 0.15) is 71.1 Å². The van der Waals surface area contributed by atoms with Crippen LogP contribution >= 0.6 is 0 Å². The third-order valence-corrected chi connectivity index (χ3v) is 13.6. The molecule has 0 heterocycles. The lowest BCUT2D eigenvalue weighted by molar-refractivity contribution is -0.119. The van der Waals surface area contributed by atoms with Gasteiger partial charge in [-0.2, -0.15) is 0 Å². The molecule has 2 heteroatoms. The number of benzene rings is 1. The second-order valence-electron chi connectivity index (χ2n) is 7.65. The molecule has 2 rings (SSSR count). The fourth-order valence-electron chi connectivity index (χ4n) is 5.24. The molecule has 0 fully saturated rings. The molecule has 0 bridgehead atoms. The van der Waals surface area contributed by atoms with Crippen molar-refractivity contribution in [2.24, 2.45) is 0 Å². The van der Waals surface area contributed by atoms with Crippen LogP contribution in [0, 0.1) is 0 Å². The van der Waals surface area contributed by atoms with E-state index >= 15 is 0 Å². The standard InChI is InChI=1S/C19H30OSi/c1-12(2)21(13(3)4,14(5)6)19-17-11-9-8-10-16(17)15(7)18(19)20/h8-15,19H,1-7H3. The van der Waals surface area contributed by atoms with Crippen molar-refractivity contribution in [1.29, 1.82) is 0 Å². The highest BCUT2D eigenvalue weighted by Crippen LogP contribution is 2.55. The molecule has 0 spiro atoms. The number of hydrogen-bond donors (Lipinski definition) is 0. The molecule has 1 aliphatic carbocycles. The number of carbonyl (C=O) groups is 1. The lowest BCUT2D eigenvalue weighted by atomic mass is 10.0. The molecule has 0 amide bonds. The lowest BCUT2D eigenvalue weighted by Crippen LogP contribution is -2.52. The summed E-state index contributed by atoms with van der Waals surface area (Å²) < 4.78 is 0. The molecule has 1 nitrogen and oxygen atoms in total. The molecule has 0 saturated carbocycles. The molecule has 2 unspecified atom stereocenters. The molecule has 0 saturated heterocycles. The summed E-state index contributed by atoms with van der Waals surface area (Å²) in [4.78, 5) is 13.2. The van der Waals surface area contributed by atoms with Crippen molar-refractivity contribution < 1.29 is 4.79 Å². The van der Waals surface area contributed by atoms with Crippen LogP contribution in [0.15, 0.2) is 24.3 Å². The van der Waals surface area contributed by atoms with Crippen LogP contribution in [0.3, 0.4) is 0 Å². The van der Waals surface area contributed by atoms with Crippen LogP contribution in [0.4, 0.5) is 0 Å². The van der Waals surface area contributed by atoms with Gasteiger partial charge < -0.3 is 0 Å². The highest BCUT2D eigenvalue weighted by Gasteiger charge is 2.55. The van der Waals surface area contributed by atoms with Gasteiger partial charge in [0.2, 0.25) is 0 Å². The van der Waals surface area contributed by atoms with Crippen LogP contribution in [-0.2, 0) is 4.79 Å². The Hall–Kier alpha value is -0.893. The van der Waals surface area contributed by atoms with Gasteiger partial charge in [-0.3, -0.25) is 4.79 Å². The molecular weight excluding hydrogens is 272 g/mol. The maximum absolute atomic E-state index is 13.2. The largest absolute Gasteiger partial charge is 0.299 e. The Bertz CT molecular complexity index is 508. The van der Waals surface area contributed by atoms with Crippen LogP contribution in [0.25, 0.3) is 0 Å². The molecule has 0 radical (unpaired) electrons. The number of ketones is 1. The van der Waals surface area contributed by atoms with E-state index in [0.29, 0.717) is 22.4 Å². The van der Waals surface area contributed by atoms with Gasteiger partial charge in [0.1, 0.15) is 5.78 Å². The number of hydrogen-bond acceptors (Lipinski definition) is 1. The van der Waals surface area contributed by atoms with E-state index in [2.05, 4.69) is 72.7 Å². The Morgan fingerprint density at radius 1 is 0.857 bits per heavy atom. The van der Waals surface area contributed by atoms with E-state index in [-0.39, 0.29) is 11.5 Å². The van der Waals surface area contributed by atoms with Gasteiger partial charge in [0.25, 0.3) is 0 Å². The second kappa shape index (κ2) is 5.72. The van der Waals surface area contributed by atoms with Gasteiger partial charge in [-0.05, 0) is 27.8 Å². The van der Waals surface area contributed by atoms with Crippen molar-refractivity contribution in [3.63, 3.8) is 0 Å². The predicted molar refractivity (Wildman–Crippen MR) is 93.7 cm³/mol. The monoisotopic (exact) mass is 302 g/mol. The van der Waals surface area contributed by atoms with Crippen molar-refractivity contribution >= 4 is 13.9 Å². The van der Waals surface area contributed by atoms with Gasteiger partial charge in [-0.15, -0.1) is 0 Å². The van der Waals surface area contributed by atoms with E-state index in [9.17, 15) is 4.79 Å². The fourth-order valence-corrected chi connectivity index (χ4v) is 12.8. The summed E-state index contributed by atoms with van der Waals surface area (Å²) >= 11 is 0. The topological polar surface area (TPSA) is 17.1 Å². The molecule has 2 atom stereocenters. The lowest BCUT2D eigenvalue weighted by Gasteiger charge is -2.47. The minimum atomic E-state index is -1.80. The van der Waals surface area contributed by atoms with E-state index in [1.54, 1.807) is 0 Å². The zero-order valence-corrected chi connectivity index (χ0v) is 15.6. The van der Waals surface area contributed by atoms with Gasteiger partial charge in [-0.1, -0.05) is 72.7 Å². The average Bonchev–Trinajstić information content (AvgIpc) is 2.64. The summed E-state index contributed by atoms with van der Waals surface area (Å²) in [5, 5.41) is 0. The van der Waals surface area contributed by atoms with Crippen LogP contribution in [-0.4, -0.2) is 13.9 Å². The predicted octanol–water partition coefficient (Wildman–Crippen LogP) is 5.67. The highest BCUT2D eigenvalue weighted by molar-refractivity contribution is 6.87. The van der Waals surface area contributed by atoms with Crippen LogP contribution in [0.2, 0.25) is 16.6 Å². The van der Waals surface area contributed by atoms with Gasteiger partial charge in [-0.25, -0.2) is 0 Å². The zero-order chi connectivity index (χ0) is 15.9. The first-order valence-electron chi connectivity index (χ1n) is 8.38. The molecule has 0 aliphatic heterocycles. The first-order chi connectivity index (χ1) is 9.76. The SMILES string of the molecule is CC1C(=O)C([Si](C(C)C)(C(C)C)C(C)C)c2ccccc21. The summed E-state index contributed by atoms with van der Waals surface area (Å²) in [6.07, 6.45) is 0. The molecule has 116 valence electrons. The van der Waals surface area contributed by atoms with E-state index in [1.807, 2.05) is 0 Å². The van der Waals surface area contributed by atoms with Crippen molar-refractivity contribution in [2.45, 2.75) is 76.5 Å². The smallest absolute Gasteiger partial charge is 0.144 e. The van der Waals surface area contributed by atoms with Gasteiger partial charge in [0, 0.05) is 11.5 Å². The first kappa shape index (κ1) is 16.5. The third-order valence-electron chi connectivity index (χ3n) is 5.98. The summed E-state index contributed by atoms with van der Waals surface area (Å²) in [6, 6.07) is 8.57. The zero-order valence-electron chi connectivity index (χ0n) is 14.6. The Morgan fingerprint density at radius 3 is 1.71 bits per heavy atom. The van der Waals surface area contributed by atoms with E-state index in [1.165, 1.54) is 11.1 Å². The van der Waals surface area contributed by atoms with Crippen molar-refractivity contribution in [1.82, 2.24) is 0 Å². The second-order valence-corrected chi connectivity index (χ2v) is 13.7. The van der Waals surface area contributed by atoms with Crippen molar-refractivity contribution in [3.05, 3.63) is 35.4 Å². The molecule has 0 aromatic heterocycles. The third kappa shape index (κ3) is 2.23. The molecule has 0 N–H and O–H groups in total. The molecule has 21 heavy (non-hydrogen) atoms. The Balaban J connectivity index is 2.69. The Labute approximate surface area is 131 Å². The molecule has 1 aromatic carbocycles. The van der Waals surface area contributed by atoms with E-state index in [0.717, 1.165) is 0 Å². The number of Topliss-reactive ketones (excluding diaryl/α,β-unsaturated/α-hetero) is 1. The average molecular weight is 303 g/mol. The number of fused-ring (bicyclic) bond motifs is 1. The normalized spacial score (nSPS) is 22.5. The summed E-state index contributed by atoms with van der Waals surface area (Å²) in [6.45, 7) is 16.2. The van der Waals surface area contributed by atoms with Gasteiger partial charge >= 0.3 is 0 Å². The number of rotatable bonds is 4. The van der Waals surface area contributed by atoms with Crippen LogP contribution < -0.4 is 0 Å². The van der Waals surface area contributed by atoms with Gasteiger partial charge in [0.05, 0.1) is 8.07 Å². The quantitative estimate of drug-likeness (QED) is 0.654. The first-order valence-corrected chi connectivity index (χ1v) is 10.7. The van der Waals surface area contributed by atoms with Crippen LogP contribution in [0.5, 0.6) is 0 Å². The maximum atomic E-state index is 13.2. The highest BCUT2D eigenvalue weighted by atomic mass is 28.3. The maximum Gasteiger partial charge on any atom is 0.144 e. The Kier molecular flexibility index (Phi) is 4.48. The summed E-state index contributed by atoms with van der Waals surface area (Å²) in [5.74, 6) is 0.563. The Morgan fingerprint density at radius 2 is 1.29 bits per heavy atom. The van der Waals surface area contributed by atoms with Gasteiger partial charge in [0.15, 0.2) is 0 Å². The van der Waals surface area contributed by atoms with E-state index < -0.39 is 8.07 Å². The minimum Gasteiger partial charge on any atom is -0.299 e. The fraction of sp³-hybridized carbons (Fsp3) is 0.632. The molecule has 1 aliphatic rings. The summed E-state index contributed by atoms with van der Waals surface area (Å²) in [7, 11) is -1.80. The molecular formula is C19H30OSi. The van der Waals surface area contributed by atoms with E-state index in [4.69, 9.17) is 0 Å². The summed E-state index contributed by atoms with van der Waals surface area (Å²) in [5.41, 5.74) is 4.66. The van der Waals surface area contributed by atoms with Crippen molar-refractivity contribution in [3.8, 4) is 0 Å². The molecule has 1 aromatic rings.